The summed E-state index contributed by atoms with van der Waals surface area (Å²) in [6.45, 7) is 10.7. The second kappa shape index (κ2) is 8.61. The molecule has 7 heteroatoms. The molecule has 0 atom stereocenters. The van der Waals surface area contributed by atoms with Crippen molar-refractivity contribution in [1.82, 2.24) is 20.8 Å². The van der Waals surface area contributed by atoms with Crippen LogP contribution < -0.4 is 15.5 Å². The molecule has 0 spiro atoms. The average Bonchev–Trinajstić information content (AvgIpc) is 2.85. The van der Waals surface area contributed by atoms with Gasteiger partial charge in [-0.1, -0.05) is 32.8 Å². The summed E-state index contributed by atoms with van der Waals surface area (Å²) >= 11 is 0. The molecule has 1 amide bonds. The summed E-state index contributed by atoms with van der Waals surface area (Å²) in [4.78, 5) is 13.4. The molecule has 0 radical (unpaired) electrons. The Balaban J connectivity index is 2.39. The SMILES string of the molecule is CC(C)CNCc1nnc(N(C)CC(=O)NCC(C)C)o1. The van der Waals surface area contributed by atoms with Crippen molar-refractivity contribution in [2.75, 3.05) is 31.6 Å². The summed E-state index contributed by atoms with van der Waals surface area (Å²) in [7, 11) is 1.76. The lowest BCUT2D eigenvalue weighted by Crippen LogP contribution is -2.37. The van der Waals surface area contributed by atoms with E-state index in [0.717, 1.165) is 6.54 Å². The number of rotatable bonds is 9. The minimum atomic E-state index is -0.0520. The van der Waals surface area contributed by atoms with Crippen LogP contribution in [-0.2, 0) is 11.3 Å². The summed E-state index contributed by atoms with van der Waals surface area (Å²) in [6.07, 6.45) is 0. The number of carbonyl (C=O) groups excluding carboxylic acids is 1. The normalized spacial score (nSPS) is 11.2. The highest BCUT2D eigenvalue weighted by Crippen LogP contribution is 2.09. The molecule has 1 heterocycles. The molecule has 0 saturated heterocycles. The number of hydrogen-bond acceptors (Lipinski definition) is 6. The van der Waals surface area contributed by atoms with Crippen LogP contribution in [0.15, 0.2) is 4.42 Å². The van der Waals surface area contributed by atoms with Gasteiger partial charge in [-0.2, -0.15) is 0 Å². The fourth-order valence-corrected chi connectivity index (χ4v) is 1.60. The number of carbonyl (C=O) groups is 1. The Morgan fingerprint density at radius 2 is 1.86 bits per heavy atom. The largest absolute Gasteiger partial charge is 0.407 e. The Bertz CT molecular complexity index is 431. The van der Waals surface area contributed by atoms with Crippen LogP contribution >= 0.6 is 0 Å². The molecule has 0 fully saturated rings. The first-order valence-electron chi connectivity index (χ1n) is 7.39. The lowest BCUT2D eigenvalue weighted by Gasteiger charge is -2.14. The van der Waals surface area contributed by atoms with E-state index in [9.17, 15) is 4.79 Å². The zero-order chi connectivity index (χ0) is 15.8. The number of nitrogens with one attached hydrogen (secondary N) is 2. The highest BCUT2D eigenvalue weighted by Gasteiger charge is 2.14. The lowest BCUT2D eigenvalue weighted by atomic mass is 10.2. The van der Waals surface area contributed by atoms with E-state index in [2.05, 4.69) is 48.5 Å². The lowest BCUT2D eigenvalue weighted by molar-refractivity contribution is -0.119. The first kappa shape index (κ1) is 17.4. The predicted molar refractivity (Wildman–Crippen MR) is 82.0 cm³/mol. The molecule has 1 rings (SSSR count). The Morgan fingerprint density at radius 3 is 2.48 bits per heavy atom. The minimum Gasteiger partial charge on any atom is -0.407 e. The van der Waals surface area contributed by atoms with Gasteiger partial charge in [0.2, 0.25) is 11.8 Å². The van der Waals surface area contributed by atoms with Crippen LogP contribution in [0.1, 0.15) is 33.6 Å². The van der Waals surface area contributed by atoms with Gasteiger partial charge in [0.1, 0.15) is 6.54 Å². The van der Waals surface area contributed by atoms with Gasteiger partial charge in [-0.25, -0.2) is 0 Å². The van der Waals surface area contributed by atoms with Crippen molar-refractivity contribution in [3.05, 3.63) is 5.89 Å². The van der Waals surface area contributed by atoms with Crippen LogP contribution in [-0.4, -0.2) is 42.8 Å². The van der Waals surface area contributed by atoms with Gasteiger partial charge in [-0.3, -0.25) is 4.79 Å². The van der Waals surface area contributed by atoms with Crippen molar-refractivity contribution >= 4 is 11.9 Å². The number of anilines is 1. The van der Waals surface area contributed by atoms with Gasteiger partial charge in [0.15, 0.2) is 0 Å². The number of hydrogen-bond donors (Lipinski definition) is 2. The van der Waals surface area contributed by atoms with Crippen LogP contribution in [0.5, 0.6) is 0 Å². The van der Waals surface area contributed by atoms with Crippen LogP contribution in [0.4, 0.5) is 6.01 Å². The molecule has 0 aliphatic rings. The van der Waals surface area contributed by atoms with E-state index < -0.39 is 0 Å². The van der Waals surface area contributed by atoms with Gasteiger partial charge < -0.3 is 20.0 Å². The summed E-state index contributed by atoms with van der Waals surface area (Å²) in [5, 5.41) is 14.0. The van der Waals surface area contributed by atoms with Crippen molar-refractivity contribution in [1.29, 1.82) is 0 Å². The van der Waals surface area contributed by atoms with Crippen molar-refractivity contribution in [3.8, 4) is 0 Å². The first-order valence-corrected chi connectivity index (χ1v) is 7.39. The maximum atomic E-state index is 11.7. The highest BCUT2D eigenvalue weighted by atomic mass is 16.4. The molecular formula is C14H27N5O2. The van der Waals surface area contributed by atoms with Crippen molar-refractivity contribution in [3.63, 3.8) is 0 Å². The molecule has 7 nitrogen and oxygen atoms in total. The van der Waals surface area contributed by atoms with Crippen LogP contribution in [0.2, 0.25) is 0 Å². The predicted octanol–water partition coefficient (Wildman–Crippen LogP) is 1.02. The van der Waals surface area contributed by atoms with Gasteiger partial charge in [0.25, 0.3) is 0 Å². The Hall–Kier alpha value is -1.63. The number of amides is 1. The molecular weight excluding hydrogens is 270 g/mol. The van der Waals surface area contributed by atoms with Crippen LogP contribution in [0.3, 0.4) is 0 Å². The maximum absolute atomic E-state index is 11.7. The highest BCUT2D eigenvalue weighted by molar-refractivity contribution is 5.80. The quantitative estimate of drug-likeness (QED) is 0.708. The number of aromatic nitrogens is 2. The fourth-order valence-electron chi connectivity index (χ4n) is 1.60. The van der Waals surface area contributed by atoms with E-state index >= 15 is 0 Å². The van der Waals surface area contributed by atoms with E-state index in [1.807, 2.05) is 0 Å². The zero-order valence-electron chi connectivity index (χ0n) is 13.6. The van der Waals surface area contributed by atoms with Gasteiger partial charge in [-0.05, 0) is 18.4 Å². The van der Waals surface area contributed by atoms with Gasteiger partial charge in [-0.15, -0.1) is 5.10 Å². The average molecular weight is 297 g/mol. The van der Waals surface area contributed by atoms with E-state index in [4.69, 9.17) is 4.42 Å². The first-order chi connectivity index (χ1) is 9.88. The van der Waals surface area contributed by atoms with Crippen molar-refractivity contribution in [2.24, 2.45) is 11.8 Å². The van der Waals surface area contributed by atoms with Crippen molar-refractivity contribution in [2.45, 2.75) is 34.2 Å². The fraction of sp³-hybridized carbons (Fsp3) is 0.786. The topological polar surface area (TPSA) is 83.3 Å². The monoisotopic (exact) mass is 297 g/mol. The summed E-state index contributed by atoms with van der Waals surface area (Å²) in [5.41, 5.74) is 0. The molecule has 0 aromatic carbocycles. The Morgan fingerprint density at radius 1 is 1.19 bits per heavy atom. The molecule has 21 heavy (non-hydrogen) atoms. The Kier molecular flexibility index (Phi) is 7.14. The van der Waals surface area contributed by atoms with Crippen LogP contribution in [0.25, 0.3) is 0 Å². The summed E-state index contributed by atoms with van der Waals surface area (Å²) in [5.74, 6) is 1.48. The Labute approximate surface area is 126 Å². The van der Waals surface area contributed by atoms with Crippen LogP contribution in [0, 0.1) is 11.8 Å². The number of nitrogens with zero attached hydrogens (tertiary/aromatic N) is 3. The van der Waals surface area contributed by atoms with Crippen molar-refractivity contribution < 1.29 is 9.21 Å². The second-order valence-corrected chi connectivity index (χ2v) is 6.06. The van der Waals surface area contributed by atoms with Gasteiger partial charge >= 0.3 is 6.01 Å². The van der Waals surface area contributed by atoms with Gasteiger partial charge in [0.05, 0.1) is 6.54 Å². The molecule has 120 valence electrons. The third-order valence-corrected chi connectivity index (χ3v) is 2.70. The minimum absolute atomic E-state index is 0.0520. The maximum Gasteiger partial charge on any atom is 0.318 e. The zero-order valence-corrected chi connectivity index (χ0v) is 13.6. The summed E-state index contributed by atoms with van der Waals surface area (Å²) in [6, 6.07) is 0.357. The van der Waals surface area contributed by atoms with E-state index in [1.54, 1.807) is 11.9 Å². The third kappa shape index (κ3) is 7.08. The molecule has 0 bridgehead atoms. The smallest absolute Gasteiger partial charge is 0.318 e. The molecule has 0 aliphatic heterocycles. The third-order valence-electron chi connectivity index (χ3n) is 2.70. The summed E-state index contributed by atoms with van der Waals surface area (Å²) < 4.78 is 5.51. The number of likely N-dealkylation sites (N-methyl/N-ethyl adjacent to an activating group) is 1. The standard InChI is InChI=1S/C14H27N5O2/c1-10(2)6-15-8-13-17-18-14(21-13)19(5)9-12(20)16-7-11(3)4/h10-11,15H,6-9H2,1-5H3,(H,16,20). The van der Waals surface area contributed by atoms with E-state index in [-0.39, 0.29) is 12.5 Å². The molecule has 1 aromatic rings. The molecule has 2 N–H and O–H groups in total. The molecule has 1 aromatic heterocycles. The van der Waals surface area contributed by atoms with E-state index in [1.165, 1.54) is 0 Å². The molecule has 0 unspecified atom stereocenters. The van der Waals surface area contributed by atoms with E-state index in [0.29, 0.717) is 36.8 Å². The second-order valence-electron chi connectivity index (χ2n) is 6.06. The van der Waals surface area contributed by atoms with Gasteiger partial charge in [0, 0.05) is 13.6 Å². The molecule has 0 saturated carbocycles. The molecule has 0 aliphatic carbocycles.